The average Bonchev–Trinajstić information content (AvgIpc) is 2.29. The van der Waals surface area contributed by atoms with Gasteiger partial charge in [-0.3, -0.25) is 4.39 Å². The molecule has 1 rings (SSSR count). The van der Waals surface area contributed by atoms with Crippen molar-refractivity contribution < 1.29 is 22.6 Å². The van der Waals surface area contributed by atoms with Crippen LogP contribution in [0.4, 0.5) is 17.7 Å². The van der Waals surface area contributed by atoms with Gasteiger partial charge in [0.25, 0.3) is 0 Å². The van der Waals surface area contributed by atoms with E-state index in [1.54, 1.807) is 6.07 Å². The predicted molar refractivity (Wildman–Crippen MR) is 47.7 cm³/mol. The van der Waals surface area contributed by atoms with Crippen LogP contribution in [-0.2, 0) is 4.94 Å². The number of halogens is 4. The first-order valence-corrected chi connectivity index (χ1v) is 5.17. The smallest absolute Gasteiger partial charge is 0.251 e. The predicted octanol–water partition coefficient (Wildman–Crippen LogP) is 3.40. The maximum absolute atomic E-state index is 13.2. The van der Waals surface area contributed by atoms with E-state index < -0.39 is 30.5 Å². The second-order valence-corrected chi connectivity index (χ2v) is 4.13. The lowest BCUT2D eigenvalue weighted by atomic mass is 9.70. The first-order chi connectivity index (χ1) is 7.56. The zero-order chi connectivity index (χ0) is 12.2. The zero-order valence-electron chi connectivity index (χ0n) is 8.63. The summed E-state index contributed by atoms with van der Waals surface area (Å²) >= 11 is 0. The monoisotopic (exact) mass is 239 g/mol. The quantitative estimate of drug-likeness (QED) is 0.704. The van der Waals surface area contributed by atoms with Crippen LogP contribution in [0.25, 0.3) is 0 Å². The van der Waals surface area contributed by atoms with E-state index in [0.29, 0.717) is 12.8 Å². The maximum atomic E-state index is 13.2. The normalized spacial score (nSPS) is 31.1. The Morgan fingerprint density at radius 1 is 1.31 bits per heavy atom. The minimum atomic E-state index is -4.00. The van der Waals surface area contributed by atoms with E-state index in [-0.39, 0.29) is 12.8 Å². The summed E-state index contributed by atoms with van der Waals surface area (Å²) < 4.78 is 50.8. The van der Waals surface area contributed by atoms with E-state index >= 15 is 0 Å². The Hall–Kier alpha value is -0.830. The van der Waals surface area contributed by atoms with Gasteiger partial charge in [-0.15, -0.1) is 4.94 Å². The van der Waals surface area contributed by atoms with E-state index in [9.17, 15) is 17.7 Å². The Morgan fingerprint density at radius 3 is 2.44 bits per heavy atom. The molecule has 16 heavy (non-hydrogen) atoms. The van der Waals surface area contributed by atoms with Gasteiger partial charge >= 0.3 is 6.11 Å². The second-order valence-electron chi connectivity index (χ2n) is 4.13. The summed E-state index contributed by atoms with van der Waals surface area (Å²) in [5.74, 6) is -3.18. The minimum absolute atomic E-state index is 0.125. The highest BCUT2D eigenvalue weighted by molar-refractivity contribution is 4.91. The molecule has 1 aliphatic rings. The number of alkyl halides is 3. The molecule has 0 aliphatic heterocycles. The standard InChI is InChI=1S/C10H13F4NO/c11-6-8-3-1-2-7(4-5-15)9(8)10(12,13)16-14/h7-9H,1-4,6H2. The number of hydrogen-bond donors (Lipinski definition) is 0. The van der Waals surface area contributed by atoms with Crippen LogP contribution in [0.15, 0.2) is 0 Å². The van der Waals surface area contributed by atoms with Gasteiger partial charge in [0.05, 0.1) is 18.7 Å². The highest BCUT2D eigenvalue weighted by atomic mass is 19.4. The van der Waals surface area contributed by atoms with Crippen molar-refractivity contribution in [1.29, 1.82) is 5.26 Å². The van der Waals surface area contributed by atoms with Crippen molar-refractivity contribution in [3.8, 4) is 6.07 Å². The molecular weight excluding hydrogens is 226 g/mol. The van der Waals surface area contributed by atoms with Crippen molar-refractivity contribution in [3.63, 3.8) is 0 Å². The fourth-order valence-electron chi connectivity index (χ4n) is 2.51. The van der Waals surface area contributed by atoms with Crippen LogP contribution in [0, 0.1) is 29.1 Å². The molecule has 0 bridgehead atoms. The molecular formula is C10H13F4NO. The third-order valence-electron chi connectivity index (χ3n) is 3.21. The summed E-state index contributed by atoms with van der Waals surface area (Å²) in [7, 11) is 0. The Kier molecular flexibility index (Phi) is 4.54. The van der Waals surface area contributed by atoms with E-state index in [1.807, 2.05) is 0 Å². The van der Waals surface area contributed by atoms with Crippen LogP contribution in [-0.4, -0.2) is 12.8 Å². The summed E-state index contributed by atoms with van der Waals surface area (Å²) in [5.41, 5.74) is 0. The van der Waals surface area contributed by atoms with Crippen LogP contribution >= 0.6 is 0 Å². The molecule has 2 nitrogen and oxygen atoms in total. The number of rotatable bonds is 4. The van der Waals surface area contributed by atoms with Gasteiger partial charge in [-0.25, -0.2) is 0 Å². The molecule has 1 aliphatic carbocycles. The van der Waals surface area contributed by atoms with Gasteiger partial charge in [0.15, 0.2) is 0 Å². The molecule has 3 unspecified atom stereocenters. The third-order valence-corrected chi connectivity index (χ3v) is 3.21. The summed E-state index contributed by atoms with van der Waals surface area (Å²) in [6.07, 6.45) is -2.88. The van der Waals surface area contributed by atoms with Gasteiger partial charge in [-0.1, -0.05) is 6.42 Å². The summed E-state index contributed by atoms with van der Waals surface area (Å²) in [6, 6.07) is 1.77. The Labute approximate surface area is 91.1 Å². The molecule has 0 saturated heterocycles. The third kappa shape index (κ3) is 2.64. The second kappa shape index (κ2) is 5.48. The van der Waals surface area contributed by atoms with Crippen LogP contribution in [0.5, 0.6) is 0 Å². The van der Waals surface area contributed by atoms with Crippen molar-refractivity contribution in [1.82, 2.24) is 0 Å². The highest BCUT2D eigenvalue weighted by Crippen LogP contribution is 2.46. The van der Waals surface area contributed by atoms with Gasteiger partial charge in [-0.2, -0.15) is 14.0 Å². The number of nitrogens with zero attached hydrogens (tertiary/aromatic N) is 1. The molecule has 6 heteroatoms. The van der Waals surface area contributed by atoms with Crippen molar-refractivity contribution >= 4 is 0 Å². The largest absolute Gasteiger partial charge is 0.389 e. The zero-order valence-corrected chi connectivity index (χ0v) is 8.63. The van der Waals surface area contributed by atoms with Gasteiger partial charge in [0, 0.05) is 6.42 Å². The lowest BCUT2D eigenvalue weighted by molar-refractivity contribution is -0.390. The van der Waals surface area contributed by atoms with E-state index in [1.165, 1.54) is 0 Å². The van der Waals surface area contributed by atoms with Crippen molar-refractivity contribution in [2.24, 2.45) is 17.8 Å². The lowest BCUT2D eigenvalue weighted by Crippen LogP contribution is -2.43. The maximum Gasteiger partial charge on any atom is 0.389 e. The molecule has 0 heterocycles. The number of hydrogen-bond acceptors (Lipinski definition) is 2. The lowest BCUT2D eigenvalue weighted by Gasteiger charge is -2.38. The van der Waals surface area contributed by atoms with E-state index in [0.717, 1.165) is 0 Å². The fourth-order valence-corrected chi connectivity index (χ4v) is 2.51. The minimum Gasteiger partial charge on any atom is -0.251 e. The van der Waals surface area contributed by atoms with Crippen LogP contribution in [0.2, 0.25) is 0 Å². The molecule has 0 aromatic heterocycles. The van der Waals surface area contributed by atoms with Crippen LogP contribution in [0.1, 0.15) is 25.7 Å². The van der Waals surface area contributed by atoms with Crippen LogP contribution < -0.4 is 0 Å². The van der Waals surface area contributed by atoms with Gasteiger partial charge in [-0.05, 0) is 29.2 Å². The van der Waals surface area contributed by atoms with Gasteiger partial charge in [0.2, 0.25) is 0 Å². The van der Waals surface area contributed by atoms with Gasteiger partial charge < -0.3 is 0 Å². The molecule has 0 aromatic rings. The highest BCUT2D eigenvalue weighted by Gasteiger charge is 2.52. The molecule has 3 atom stereocenters. The summed E-state index contributed by atoms with van der Waals surface area (Å²) in [6.45, 7) is -0.939. The Balaban J connectivity index is 2.87. The average molecular weight is 239 g/mol. The van der Waals surface area contributed by atoms with E-state index in [2.05, 4.69) is 4.94 Å². The molecule has 0 spiro atoms. The number of nitriles is 1. The van der Waals surface area contributed by atoms with Crippen LogP contribution in [0.3, 0.4) is 0 Å². The Bertz CT molecular complexity index is 266. The fraction of sp³-hybridized carbons (Fsp3) is 0.900. The SMILES string of the molecule is N#CCC1CCCC(CF)C1C(F)(F)OF. The summed E-state index contributed by atoms with van der Waals surface area (Å²) in [4.78, 5) is 2.68. The molecule has 0 N–H and O–H groups in total. The van der Waals surface area contributed by atoms with Gasteiger partial charge in [0.1, 0.15) is 0 Å². The molecule has 0 aromatic carbocycles. The Morgan fingerprint density at radius 2 is 1.94 bits per heavy atom. The summed E-state index contributed by atoms with van der Waals surface area (Å²) in [5, 5.41) is 8.51. The van der Waals surface area contributed by atoms with Crippen molar-refractivity contribution in [3.05, 3.63) is 0 Å². The molecule has 0 amide bonds. The topological polar surface area (TPSA) is 33.0 Å². The first-order valence-electron chi connectivity index (χ1n) is 5.17. The van der Waals surface area contributed by atoms with E-state index in [4.69, 9.17) is 5.26 Å². The van der Waals surface area contributed by atoms with Crippen molar-refractivity contribution in [2.45, 2.75) is 31.8 Å². The molecule has 1 fully saturated rings. The first kappa shape index (κ1) is 13.2. The molecule has 92 valence electrons. The molecule has 0 radical (unpaired) electrons. The van der Waals surface area contributed by atoms with Crippen molar-refractivity contribution in [2.75, 3.05) is 6.67 Å². The molecule has 1 saturated carbocycles.